The molecule has 6 nitrogen and oxygen atoms in total. The van der Waals surface area contributed by atoms with E-state index in [0.29, 0.717) is 17.5 Å². The van der Waals surface area contributed by atoms with E-state index in [9.17, 15) is 0 Å². The second kappa shape index (κ2) is 14.0. The summed E-state index contributed by atoms with van der Waals surface area (Å²) in [4.78, 5) is 15.3. The Bertz CT molecular complexity index is 3830. The Morgan fingerprint density at radius 3 is 1.29 bits per heavy atom. The Balaban J connectivity index is 1.05. The van der Waals surface area contributed by atoms with Gasteiger partial charge in [-0.15, -0.1) is 0 Å². The Kier molecular flexibility index (Phi) is 7.80. The Morgan fingerprint density at radius 2 is 0.746 bits per heavy atom. The fourth-order valence-corrected chi connectivity index (χ4v) is 9.58. The highest BCUT2D eigenvalue weighted by atomic mass is 16.3. The number of rotatable bonds is 6. The molecule has 0 fully saturated rings. The number of furan rings is 1. The van der Waals surface area contributed by atoms with Crippen molar-refractivity contribution in [2.45, 2.75) is 0 Å². The standard InChI is InChI=1S/C57H35N5O/c1-5-17-36(18-6-1)46-35-40(29-30-43(46)57-59-55(37-19-7-2-8-20-37)58-56(60-57)38-21-9-3-10-22-38)62-48-28-16-14-26-45(48)52-50(62)34-32-42-41-31-33-49-51(53(41)63-54(42)52)44-25-13-15-27-47(44)61(49)39-23-11-4-12-24-39/h1-35H. The molecule has 63 heavy (non-hydrogen) atoms. The van der Waals surface area contributed by atoms with Crippen LogP contribution in [0.4, 0.5) is 0 Å². The molecule has 13 aromatic rings. The summed E-state index contributed by atoms with van der Waals surface area (Å²) >= 11 is 0. The SMILES string of the molecule is c1ccc(-c2nc(-c3ccccc3)nc(-c3ccc(-n4c5ccccc5c5c6oc7c(ccc8c7c7ccccc7n8-c7ccccc7)c6ccc54)cc3-c3ccccc3)n2)cc1. The van der Waals surface area contributed by atoms with E-state index in [1.807, 2.05) is 60.7 Å². The molecule has 0 unspecified atom stereocenters. The lowest BCUT2D eigenvalue weighted by Gasteiger charge is -2.15. The molecule has 9 aromatic carbocycles. The molecule has 0 aliphatic carbocycles. The zero-order valence-corrected chi connectivity index (χ0v) is 33.9. The Labute approximate surface area is 361 Å². The molecule has 0 bridgehead atoms. The van der Waals surface area contributed by atoms with Gasteiger partial charge < -0.3 is 13.6 Å². The highest BCUT2D eigenvalue weighted by Crippen LogP contribution is 2.45. The van der Waals surface area contributed by atoms with Crippen LogP contribution in [0.25, 0.3) is 122 Å². The maximum atomic E-state index is 7.21. The van der Waals surface area contributed by atoms with Gasteiger partial charge in [0.25, 0.3) is 0 Å². The summed E-state index contributed by atoms with van der Waals surface area (Å²) in [6, 6.07) is 74.2. The molecular weight excluding hydrogens is 771 g/mol. The van der Waals surface area contributed by atoms with E-state index in [1.54, 1.807) is 0 Å². The first-order valence-corrected chi connectivity index (χ1v) is 21.2. The van der Waals surface area contributed by atoms with Gasteiger partial charge in [0.05, 0.1) is 32.8 Å². The summed E-state index contributed by atoms with van der Waals surface area (Å²) in [6.45, 7) is 0. The first-order valence-electron chi connectivity index (χ1n) is 21.2. The molecule has 4 aromatic heterocycles. The minimum absolute atomic E-state index is 0.610. The van der Waals surface area contributed by atoms with Crippen LogP contribution in [0.3, 0.4) is 0 Å². The van der Waals surface area contributed by atoms with E-state index in [1.165, 1.54) is 0 Å². The quantitative estimate of drug-likeness (QED) is 0.168. The highest BCUT2D eigenvalue weighted by molar-refractivity contribution is 6.29. The van der Waals surface area contributed by atoms with Gasteiger partial charge in [-0.2, -0.15) is 0 Å². The van der Waals surface area contributed by atoms with Crippen molar-refractivity contribution < 1.29 is 4.42 Å². The molecule has 294 valence electrons. The highest BCUT2D eigenvalue weighted by Gasteiger charge is 2.23. The van der Waals surface area contributed by atoms with E-state index in [-0.39, 0.29) is 0 Å². The lowest BCUT2D eigenvalue weighted by molar-refractivity contribution is 0.677. The molecule has 0 saturated heterocycles. The van der Waals surface area contributed by atoms with Crippen LogP contribution in [0.5, 0.6) is 0 Å². The van der Waals surface area contributed by atoms with Crippen LogP contribution in [0.15, 0.2) is 217 Å². The maximum absolute atomic E-state index is 7.21. The molecule has 0 saturated carbocycles. The molecule has 0 radical (unpaired) electrons. The van der Waals surface area contributed by atoms with Gasteiger partial charge in [-0.25, -0.2) is 15.0 Å². The van der Waals surface area contributed by atoms with Gasteiger partial charge in [0.2, 0.25) is 0 Å². The number of hydrogen-bond acceptors (Lipinski definition) is 4. The minimum Gasteiger partial charge on any atom is -0.455 e. The van der Waals surface area contributed by atoms with Crippen LogP contribution in [0, 0.1) is 0 Å². The fourth-order valence-electron chi connectivity index (χ4n) is 9.58. The van der Waals surface area contributed by atoms with E-state index in [2.05, 4.69) is 161 Å². The zero-order chi connectivity index (χ0) is 41.4. The summed E-state index contributed by atoms with van der Waals surface area (Å²) in [5.74, 6) is 1.86. The third kappa shape index (κ3) is 5.48. The van der Waals surface area contributed by atoms with Crippen molar-refractivity contribution in [2.24, 2.45) is 0 Å². The van der Waals surface area contributed by atoms with Crippen LogP contribution in [-0.2, 0) is 0 Å². The van der Waals surface area contributed by atoms with E-state index in [4.69, 9.17) is 19.4 Å². The Morgan fingerprint density at radius 1 is 0.302 bits per heavy atom. The summed E-state index contributed by atoms with van der Waals surface area (Å²) in [5.41, 5.74) is 13.2. The molecule has 0 amide bonds. The first-order chi connectivity index (χ1) is 31.3. The number of benzene rings is 9. The molecule has 13 rings (SSSR count). The molecule has 4 heterocycles. The van der Waals surface area contributed by atoms with Crippen LogP contribution in [0.1, 0.15) is 0 Å². The van der Waals surface area contributed by atoms with E-state index < -0.39 is 0 Å². The molecule has 0 aliphatic rings. The number of nitrogens with zero attached hydrogens (tertiary/aromatic N) is 5. The third-order valence-corrected chi connectivity index (χ3v) is 12.4. The summed E-state index contributed by atoms with van der Waals surface area (Å²) in [5, 5.41) is 6.69. The second-order valence-electron chi connectivity index (χ2n) is 15.9. The maximum Gasteiger partial charge on any atom is 0.164 e. The van der Waals surface area contributed by atoms with Crippen molar-refractivity contribution in [3.63, 3.8) is 0 Å². The van der Waals surface area contributed by atoms with Crippen molar-refractivity contribution in [3.05, 3.63) is 212 Å². The first kappa shape index (κ1) is 35.2. The van der Waals surface area contributed by atoms with Crippen molar-refractivity contribution in [1.29, 1.82) is 0 Å². The number of aromatic nitrogens is 5. The molecule has 0 aliphatic heterocycles. The van der Waals surface area contributed by atoms with Gasteiger partial charge in [0.15, 0.2) is 17.5 Å². The van der Waals surface area contributed by atoms with Crippen LogP contribution >= 0.6 is 0 Å². The fraction of sp³-hybridized carbons (Fsp3) is 0. The molecule has 0 atom stereocenters. The van der Waals surface area contributed by atoms with Crippen molar-refractivity contribution in [3.8, 4) is 56.7 Å². The minimum atomic E-state index is 0.610. The van der Waals surface area contributed by atoms with Crippen LogP contribution in [0.2, 0.25) is 0 Å². The largest absolute Gasteiger partial charge is 0.455 e. The average Bonchev–Trinajstić information content (AvgIpc) is 4.02. The average molecular weight is 806 g/mol. The van der Waals surface area contributed by atoms with Gasteiger partial charge in [-0.05, 0) is 77.9 Å². The van der Waals surface area contributed by atoms with Crippen molar-refractivity contribution >= 4 is 65.6 Å². The van der Waals surface area contributed by atoms with Crippen molar-refractivity contribution in [2.75, 3.05) is 0 Å². The number of hydrogen-bond donors (Lipinski definition) is 0. The summed E-state index contributed by atoms with van der Waals surface area (Å²) < 4.78 is 11.9. The van der Waals surface area contributed by atoms with Gasteiger partial charge >= 0.3 is 0 Å². The zero-order valence-electron chi connectivity index (χ0n) is 33.9. The predicted molar refractivity (Wildman–Crippen MR) is 258 cm³/mol. The Hall–Kier alpha value is -8.61. The van der Waals surface area contributed by atoms with Gasteiger partial charge in [-0.3, -0.25) is 0 Å². The lowest BCUT2D eigenvalue weighted by atomic mass is 9.98. The summed E-state index contributed by atoms with van der Waals surface area (Å²) in [7, 11) is 0. The third-order valence-electron chi connectivity index (χ3n) is 12.4. The summed E-state index contributed by atoms with van der Waals surface area (Å²) in [6.07, 6.45) is 0. The molecule has 6 heteroatoms. The topological polar surface area (TPSA) is 61.7 Å². The normalized spacial score (nSPS) is 11.8. The smallest absolute Gasteiger partial charge is 0.164 e. The van der Waals surface area contributed by atoms with E-state index >= 15 is 0 Å². The van der Waals surface area contributed by atoms with Gasteiger partial charge in [-0.1, -0.05) is 146 Å². The lowest BCUT2D eigenvalue weighted by Crippen LogP contribution is -2.02. The predicted octanol–water partition coefficient (Wildman–Crippen LogP) is 14.6. The molecule has 0 spiro atoms. The number of fused-ring (bicyclic) bond motifs is 11. The van der Waals surface area contributed by atoms with Crippen molar-refractivity contribution in [1.82, 2.24) is 24.1 Å². The monoisotopic (exact) mass is 805 g/mol. The molecule has 0 N–H and O–H groups in total. The van der Waals surface area contributed by atoms with Crippen LogP contribution < -0.4 is 0 Å². The second-order valence-corrected chi connectivity index (χ2v) is 15.9. The van der Waals surface area contributed by atoms with Crippen LogP contribution in [-0.4, -0.2) is 24.1 Å². The van der Waals surface area contributed by atoms with Gasteiger partial charge in [0.1, 0.15) is 11.2 Å². The van der Waals surface area contributed by atoms with Gasteiger partial charge in [0, 0.05) is 49.6 Å². The number of para-hydroxylation sites is 3. The van der Waals surface area contributed by atoms with E-state index in [0.717, 1.165) is 105 Å². The molecular formula is C57H35N5O.